The zero-order chi connectivity index (χ0) is 17.0. The van der Waals surface area contributed by atoms with E-state index >= 15 is 0 Å². The monoisotopic (exact) mass is 412 g/mol. The molecular formula is C24H24GaP. The molecule has 0 nitrogen and oxygen atoms in total. The van der Waals surface area contributed by atoms with Gasteiger partial charge in [0.15, 0.2) is 0 Å². The Kier molecular flexibility index (Phi) is 6.16. The van der Waals surface area contributed by atoms with Gasteiger partial charge >= 0.3 is 170 Å². The van der Waals surface area contributed by atoms with E-state index in [1.165, 1.54) is 21.2 Å². The van der Waals surface area contributed by atoms with Crippen LogP contribution in [0.3, 0.4) is 0 Å². The predicted octanol–water partition coefficient (Wildman–Crippen LogP) is 2.85. The Labute approximate surface area is 169 Å². The Bertz CT molecular complexity index is 759. The summed E-state index contributed by atoms with van der Waals surface area (Å²) in [5, 5.41) is 5.66. The van der Waals surface area contributed by atoms with Crippen LogP contribution in [0.5, 0.6) is 0 Å². The molecule has 0 spiro atoms. The summed E-state index contributed by atoms with van der Waals surface area (Å²) >= 11 is 0. The molecule has 26 heavy (non-hydrogen) atoms. The van der Waals surface area contributed by atoms with E-state index in [2.05, 4.69) is 121 Å². The van der Waals surface area contributed by atoms with Gasteiger partial charge in [-0.25, -0.2) is 0 Å². The minimum absolute atomic E-state index is 0. The van der Waals surface area contributed by atoms with Crippen LogP contribution < -0.4 is 21.2 Å². The second kappa shape index (κ2) is 8.55. The predicted molar refractivity (Wildman–Crippen MR) is 123 cm³/mol. The summed E-state index contributed by atoms with van der Waals surface area (Å²) in [6, 6.07) is 44.0. The molecule has 0 aliphatic carbocycles. The van der Waals surface area contributed by atoms with Gasteiger partial charge in [0.1, 0.15) is 0 Å². The molecule has 0 saturated carbocycles. The zero-order valence-electron chi connectivity index (χ0n) is 14.0. The van der Waals surface area contributed by atoms with Gasteiger partial charge < -0.3 is 0 Å². The summed E-state index contributed by atoms with van der Waals surface area (Å²) in [4.78, 5) is 0. The van der Waals surface area contributed by atoms with Crippen LogP contribution in [0.15, 0.2) is 121 Å². The fraction of sp³-hybridized carbons (Fsp3) is 0. The summed E-state index contributed by atoms with van der Waals surface area (Å²) in [6.45, 7) is 0. The van der Waals surface area contributed by atoms with Gasteiger partial charge in [0.2, 0.25) is 0 Å². The van der Waals surface area contributed by atoms with Gasteiger partial charge in [0.05, 0.1) is 0 Å². The summed E-state index contributed by atoms with van der Waals surface area (Å²) in [5.41, 5.74) is 0. The van der Waals surface area contributed by atoms with E-state index in [1.807, 2.05) is 0 Å². The topological polar surface area (TPSA) is 0 Å². The third-order valence-corrected chi connectivity index (χ3v) is 9.62. The van der Waals surface area contributed by atoms with Crippen LogP contribution in [0.1, 0.15) is 0 Å². The van der Waals surface area contributed by atoms with Crippen molar-refractivity contribution in [3.8, 4) is 0 Å². The Morgan fingerprint density at radius 2 is 0.500 bits per heavy atom. The molecule has 0 heterocycles. The average Bonchev–Trinajstić information content (AvgIpc) is 2.72. The van der Waals surface area contributed by atoms with Crippen LogP contribution in [0.4, 0.5) is 0 Å². The van der Waals surface area contributed by atoms with Gasteiger partial charge in [-0.2, -0.15) is 0 Å². The third kappa shape index (κ3) is 3.31. The van der Waals surface area contributed by atoms with E-state index < -0.39 is 7.26 Å². The first-order chi connectivity index (χ1) is 12.4. The first-order valence-corrected chi connectivity index (χ1v) is 10.6. The molecule has 0 aromatic heterocycles. The van der Waals surface area contributed by atoms with E-state index in [0.717, 1.165) is 0 Å². The first kappa shape index (κ1) is 18.7. The summed E-state index contributed by atoms with van der Waals surface area (Å²) < 4.78 is 0. The Morgan fingerprint density at radius 1 is 0.308 bits per heavy atom. The molecule has 0 aliphatic heterocycles. The van der Waals surface area contributed by atoms with E-state index in [0.29, 0.717) is 0 Å². The van der Waals surface area contributed by atoms with Gasteiger partial charge in [-0.05, 0) is 0 Å². The molecule has 0 unspecified atom stereocenters. The van der Waals surface area contributed by atoms with Crippen molar-refractivity contribution >= 4 is 48.3 Å². The van der Waals surface area contributed by atoms with Crippen LogP contribution in [0, 0.1) is 0 Å². The van der Waals surface area contributed by atoms with Crippen molar-refractivity contribution in [3.05, 3.63) is 121 Å². The molecule has 0 saturated heterocycles. The maximum atomic E-state index is 2.29. The second-order valence-electron chi connectivity index (χ2n) is 6.21. The van der Waals surface area contributed by atoms with Crippen molar-refractivity contribution < 1.29 is 0 Å². The van der Waals surface area contributed by atoms with E-state index in [1.54, 1.807) is 0 Å². The Morgan fingerprint density at radius 3 is 0.692 bits per heavy atom. The first-order valence-electron chi connectivity index (χ1n) is 8.64. The van der Waals surface area contributed by atoms with Crippen LogP contribution in [-0.2, 0) is 0 Å². The summed E-state index contributed by atoms with van der Waals surface area (Å²) in [6.07, 6.45) is 0. The molecule has 128 valence electrons. The maximum absolute atomic E-state index is 2.30. The van der Waals surface area contributed by atoms with Crippen LogP contribution in [0.25, 0.3) is 0 Å². The van der Waals surface area contributed by atoms with Crippen molar-refractivity contribution in [1.29, 1.82) is 0 Å². The van der Waals surface area contributed by atoms with Gasteiger partial charge in [-0.1, -0.05) is 0 Å². The molecule has 4 aromatic rings. The summed E-state index contributed by atoms with van der Waals surface area (Å²) in [7, 11) is -2.30. The van der Waals surface area contributed by atoms with Crippen LogP contribution >= 0.6 is 7.26 Å². The molecule has 4 rings (SSSR count). The third-order valence-electron chi connectivity index (χ3n) is 4.83. The van der Waals surface area contributed by atoms with Gasteiger partial charge in [-0.15, -0.1) is 0 Å². The van der Waals surface area contributed by atoms with Gasteiger partial charge in [0.25, 0.3) is 0 Å². The molecule has 0 aliphatic rings. The fourth-order valence-corrected chi connectivity index (χ4v) is 8.52. The summed E-state index contributed by atoms with van der Waals surface area (Å²) in [5.74, 6) is 0. The normalized spacial score (nSPS) is 11.4. The van der Waals surface area contributed by atoms with Gasteiger partial charge in [0, 0.05) is 0 Å². The quantitative estimate of drug-likeness (QED) is 0.357. The number of benzene rings is 4. The fourth-order valence-electron chi connectivity index (χ4n) is 3.75. The number of hydrogen-bond acceptors (Lipinski definition) is 0. The zero-order valence-corrected chi connectivity index (χ0v) is 15.0. The molecular weight excluding hydrogens is 389 g/mol. The van der Waals surface area contributed by atoms with Crippen molar-refractivity contribution in [2.75, 3.05) is 0 Å². The van der Waals surface area contributed by atoms with E-state index in [4.69, 9.17) is 0 Å². The van der Waals surface area contributed by atoms with Crippen LogP contribution in [-0.4, -0.2) is 19.8 Å². The van der Waals surface area contributed by atoms with Crippen molar-refractivity contribution in [2.45, 2.75) is 0 Å². The molecule has 0 bridgehead atoms. The molecule has 0 N–H and O–H groups in total. The molecule has 0 amide bonds. The van der Waals surface area contributed by atoms with Crippen molar-refractivity contribution in [3.63, 3.8) is 0 Å². The molecule has 2 heteroatoms. The molecule has 4 aromatic carbocycles. The van der Waals surface area contributed by atoms with E-state index in [-0.39, 0.29) is 19.8 Å². The van der Waals surface area contributed by atoms with Crippen molar-refractivity contribution in [2.24, 2.45) is 0 Å². The van der Waals surface area contributed by atoms with Crippen molar-refractivity contribution in [1.82, 2.24) is 0 Å². The Hall–Kier alpha value is -2.05. The number of rotatable bonds is 4. The molecule has 0 atom stereocenters. The second-order valence-corrected chi connectivity index (χ2v) is 10.0. The number of hydrogen-bond donors (Lipinski definition) is 0. The molecule has 0 fully saturated rings. The minimum atomic E-state index is -2.30. The molecule has 0 radical (unpaired) electrons. The SMILES string of the molecule is [GaH3].c1ccc([PH](c2ccccc2)(c2ccccc2)c2ccccc2)cc1. The van der Waals surface area contributed by atoms with Gasteiger partial charge in [-0.3, -0.25) is 0 Å². The average molecular weight is 413 g/mol. The Balaban J connectivity index is 0.00000196. The standard InChI is InChI=1S/C24H21P.Ga.3H/c1-5-13-21(14-6-1)25(22-15-7-2-8-16-22,23-17-9-3-10-18-23)24-19-11-4-12-20-24;;;;/h1-20,25H;;;;. The van der Waals surface area contributed by atoms with Crippen LogP contribution in [0.2, 0.25) is 0 Å². The van der Waals surface area contributed by atoms with E-state index in [9.17, 15) is 0 Å².